The molecule has 2 aromatic carbocycles. The van der Waals surface area contributed by atoms with Crippen LogP contribution >= 0.6 is 0 Å². The second-order valence-electron chi connectivity index (χ2n) is 4.84. The molecule has 0 amide bonds. The van der Waals surface area contributed by atoms with Gasteiger partial charge in [0.25, 0.3) is 0 Å². The Balaban J connectivity index is 1.84. The first kappa shape index (κ1) is 15.0. The van der Waals surface area contributed by atoms with Crippen LogP contribution in [0.15, 0.2) is 59.2 Å². The van der Waals surface area contributed by atoms with Crippen molar-refractivity contribution in [3.05, 3.63) is 71.2 Å². The van der Waals surface area contributed by atoms with Crippen molar-refractivity contribution in [3.8, 4) is 5.75 Å². The lowest BCUT2D eigenvalue weighted by molar-refractivity contribution is -0.129. The minimum absolute atomic E-state index is 0.173. The second-order valence-corrected chi connectivity index (χ2v) is 4.84. The van der Waals surface area contributed by atoms with Gasteiger partial charge in [-0.2, -0.15) is 0 Å². The molecule has 5 heteroatoms. The molecule has 116 valence electrons. The molecule has 0 saturated heterocycles. The fraction of sp³-hybridized carbons (Fsp3) is 0.111. The number of aliphatic imine (C=N–C) groups is 1. The Labute approximate surface area is 132 Å². The Morgan fingerprint density at radius 2 is 1.83 bits per heavy atom. The molecule has 2 aromatic rings. The van der Waals surface area contributed by atoms with Crippen LogP contribution in [0.25, 0.3) is 6.08 Å². The maximum absolute atomic E-state index is 12.9. The lowest BCUT2D eigenvalue weighted by Crippen LogP contribution is -2.05. The maximum atomic E-state index is 12.9. The highest BCUT2D eigenvalue weighted by Gasteiger charge is 2.24. The number of benzene rings is 2. The average molecular weight is 311 g/mol. The Morgan fingerprint density at radius 1 is 1.13 bits per heavy atom. The predicted octanol–water partition coefficient (Wildman–Crippen LogP) is 3.57. The topological polar surface area (TPSA) is 47.9 Å². The molecule has 1 heterocycles. The summed E-state index contributed by atoms with van der Waals surface area (Å²) in [6.45, 7) is 2.51. The number of cyclic esters (lactones) is 1. The van der Waals surface area contributed by atoms with E-state index in [1.54, 1.807) is 6.08 Å². The summed E-state index contributed by atoms with van der Waals surface area (Å²) in [5.74, 6) is 0.0494. The molecule has 0 radical (unpaired) electrons. The number of ether oxygens (including phenoxy) is 2. The first-order chi connectivity index (χ1) is 11.2. The Bertz CT molecular complexity index is 777. The Kier molecular flexibility index (Phi) is 4.19. The molecule has 0 spiro atoms. The van der Waals surface area contributed by atoms with Gasteiger partial charge in [0.05, 0.1) is 6.61 Å². The number of hydrogen-bond acceptors (Lipinski definition) is 4. The van der Waals surface area contributed by atoms with E-state index in [2.05, 4.69) is 4.99 Å². The first-order valence-corrected chi connectivity index (χ1v) is 7.17. The van der Waals surface area contributed by atoms with E-state index >= 15 is 0 Å². The van der Waals surface area contributed by atoms with Gasteiger partial charge in [0, 0.05) is 5.56 Å². The van der Waals surface area contributed by atoms with Crippen LogP contribution in [-0.2, 0) is 9.53 Å². The molecule has 1 aliphatic rings. The fourth-order valence-electron chi connectivity index (χ4n) is 2.11. The fourth-order valence-corrected chi connectivity index (χ4v) is 2.11. The van der Waals surface area contributed by atoms with Crippen molar-refractivity contribution in [2.45, 2.75) is 6.92 Å². The van der Waals surface area contributed by atoms with Gasteiger partial charge in [-0.3, -0.25) is 0 Å². The van der Waals surface area contributed by atoms with Crippen molar-refractivity contribution in [2.24, 2.45) is 4.99 Å². The predicted molar refractivity (Wildman–Crippen MR) is 84.6 cm³/mol. The molecule has 0 N–H and O–H groups in total. The van der Waals surface area contributed by atoms with Gasteiger partial charge in [0.2, 0.25) is 5.90 Å². The number of nitrogens with zero attached hydrogens (tertiary/aromatic N) is 1. The van der Waals surface area contributed by atoms with E-state index in [0.29, 0.717) is 12.2 Å². The summed E-state index contributed by atoms with van der Waals surface area (Å²) in [6, 6.07) is 12.9. The molecule has 1 aliphatic heterocycles. The zero-order chi connectivity index (χ0) is 16.2. The average Bonchev–Trinajstić information content (AvgIpc) is 2.91. The van der Waals surface area contributed by atoms with E-state index in [-0.39, 0.29) is 17.4 Å². The molecule has 0 atom stereocenters. The summed E-state index contributed by atoms with van der Waals surface area (Å²) < 4.78 is 23.4. The molecule has 0 unspecified atom stereocenters. The van der Waals surface area contributed by atoms with Gasteiger partial charge in [0.15, 0.2) is 5.70 Å². The minimum atomic E-state index is -0.529. The standard InChI is InChI=1S/C18H14FNO3/c1-2-22-15-9-3-12(4-10-15)11-16-18(21)23-17(20-16)13-5-7-14(19)8-6-13/h3-11H,2H2,1H3/b16-11+. The van der Waals surface area contributed by atoms with Gasteiger partial charge in [0.1, 0.15) is 11.6 Å². The van der Waals surface area contributed by atoms with Gasteiger partial charge >= 0.3 is 5.97 Å². The van der Waals surface area contributed by atoms with E-state index in [1.807, 2.05) is 31.2 Å². The zero-order valence-electron chi connectivity index (χ0n) is 12.5. The summed E-state index contributed by atoms with van der Waals surface area (Å²) >= 11 is 0. The van der Waals surface area contributed by atoms with Crippen molar-refractivity contribution in [3.63, 3.8) is 0 Å². The van der Waals surface area contributed by atoms with E-state index in [9.17, 15) is 9.18 Å². The SMILES string of the molecule is CCOc1ccc(/C=C2/N=C(c3ccc(F)cc3)OC2=O)cc1. The van der Waals surface area contributed by atoms with Crippen molar-refractivity contribution in [1.29, 1.82) is 0 Å². The number of halogens is 1. The molecular weight excluding hydrogens is 297 g/mol. The van der Waals surface area contributed by atoms with Crippen molar-refractivity contribution in [2.75, 3.05) is 6.61 Å². The van der Waals surface area contributed by atoms with Crippen LogP contribution in [0.2, 0.25) is 0 Å². The van der Waals surface area contributed by atoms with Crippen molar-refractivity contribution < 1.29 is 18.7 Å². The Hall–Kier alpha value is -2.95. The number of rotatable bonds is 4. The van der Waals surface area contributed by atoms with Gasteiger partial charge in [-0.15, -0.1) is 0 Å². The highest BCUT2D eigenvalue weighted by atomic mass is 19.1. The van der Waals surface area contributed by atoms with Gasteiger partial charge in [-0.05, 0) is 55.0 Å². The number of esters is 1. The minimum Gasteiger partial charge on any atom is -0.494 e. The van der Waals surface area contributed by atoms with Crippen LogP contribution in [0.1, 0.15) is 18.1 Å². The summed E-state index contributed by atoms with van der Waals surface area (Å²) in [4.78, 5) is 16.1. The van der Waals surface area contributed by atoms with Crippen LogP contribution < -0.4 is 4.74 Å². The van der Waals surface area contributed by atoms with E-state index in [0.717, 1.165) is 11.3 Å². The van der Waals surface area contributed by atoms with E-state index in [4.69, 9.17) is 9.47 Å². The highest BCUT2D eigenvalue weighted by Crippen LogP contribution is 2.20. The van der Waals surface area contributed by atoms with Crippen LogP contribution in [0.3, 0.4) is 0 Å². The highest BCUT2D eigenvalue weighted by molar-refractivity contribution is 6.12. The van der Waals surface area contributed by atoms with Crippen molar-refractivity contribution >= 4 is 17.9 Å². The summed E-state index contributed by atoms with van der Waals surface area (Å²) in [7, 11) is 0. The summed E-state index contributed by atoms with van der Waals surface area (Å²) in [6.07, 6.45) is 1.63. The smallest absolute Gasteiger partial charge is 0.363 e. The van der Waals surface area contributed by atoms with Crippen LogP contribution in [0, 0.1) is 5.82 Å². The first-order valence-electron chi connectivity index (χ1n) is 7.17. The van der Waals surface area contributed by atoms with E-state index < -0.39 is 5.97 Å². The molecule has 3 rings (SSSR count). The lowest BCUT2D eigenvalue weighted by Gasteiger charge is -2.02. The van der Waals surface area contributed by atoms with Crippen molar-refractivity contribution in [1.82, 2.24) is 0 Å². The maximum Gasteiger partial charge on any atom is 0.363 e. The molecule has 0 saturated carbocycles. The molecule has 23 heavy (non-hydrogen) atoms. The van der Waals surface area contributed by atoms with E-state index in [1.165, 1.54) is 24.3 Å². The molecular formula is C18H14FNO3. The monoisotopic (exact) mass is 311 g/mol. The molecule has 0 aliphatic carbocycles. The van der Waals surface area contributed by atoms with Crippen LogP contribution in [0.4, 0.5) is 4.39 Å². The number of carbonyl (C=O) groups excluding carboxylic acids is 1. The normalized spacial score (nSPS) is 15.5. The number of hydrogen-bond donors (Lipinski definition) is 0. The van der Waals surface area contributed by atoms with Crippen LogP contribution in [-0.4, -0.2) is 18.5 Å². The molecule has 0 fully saturated rings. The van der Waals surface area contributed by atoms with Crippen LogP contribution in [0.5, 0.6) is 5.75 Å². The Morgan fingerprint density at radius 3 is 2.48 bits per heavy atom. The zero-order valence-corrected chi connectivity index (χ0v) is 12.5. The summed E-state index contributed by atoms with van der Waals surface area (Å²) in [5, 5.41) is 0. The molecule has 0 aromatic heterocycles. The molecule has 4 nitrogen and oxygen atoms in total. The number of carbonyl (C=O) groups is 1. The third kappa shape index (κ3) is 3.45. The summed E-state index contributed by atoms with van der Waals surface area (Å²) in [5.41, 5.74) is 1.56. The largest absolute Gasteiger partial charge is 0.494 e. The lowest BCUT2D eigenvalue weighted by atomic mass is 10.2. The third-order valence-electron chi connectivity index (χ3n) is 3.21. The third-order valence-corrected chi connectivity index (χ3v) is 3.21. The quantitative estimate of drug-likeness (QED) is 0.640. The van der Waals surface area contributed by atoms with Gasteiger partial charge < -0.3 is 9.47 Å². The van der Waals surface area contributed by atoms with Gasteiger partial charge in [-0.25, -0.2) is 14.2 Å². The van der Waals surface area contributed by atoms with Gasteiger partial charge in [-0.1, -0.05) is 12.1 Å². The second kappa shape index (κ2) is 6.44. The molecule has 0 bridgehead atoms.